The average molecular weight is 284 g/mol. The molecular formula is C14H18F2N2O2. The van der Waals surface area contributed by atoms with E-state index < -0.39 is 24.5 Å². The molecule has 1 aromatic carbocycles. The Hall–Kier alpha value is -1.69. The van der Waals surface area contributed by atoms with Crippen LogP contribution in [0, 0.1) is 5.92 Å². The summed E-state index contributed by atoms with van der Waals surface area (Å²) in [5.41, 5.74) is 6.14. The Balaban J connectivity index is 1.87. The van der Waals surface area contributed by atoms with Crippen molar-refractivity contribution in [2.24, 2.45) is 11.7 Å². The van der Waals surface area contributed by atoms with Gasteiger partial charge in [-0.3, -0.25) is 0 Å². The van der Waals surface area contributed by atoms with Crippen molar-refractivity contribution in [1.82, 2.24) is 4.90 Å². The predicted molar refractivity (Wildman–Crippen MR) is 70.3 cm³/mol. The highest BCUT2D eigenvalue weighted by Gasteiger charge is 2.45. The molecule has 1 aromatic rings. The second-order valence-electron chi connectivity index (χ2n) is 4.94. The van der Waals surface area contributed by atoms with Crippen LogP contribution in [0.1, 0.15) is 12.0 Å². The number of likely N-dealkylation sites (tertiary alicyclic amines) is 1. The minimum absolute atomic E-state index is 0.0695. The van der Waals surface area contributed by atoms with Crippen LogP contribution in [0.25, 0.3) is 0 Å². The third-order valence-electron chi connectivity index (χ3n) is 3.49. The molecule has 20 heavy (non-hydrogen) atoms. The number of nitrogens with two attached hydrogens (primary N) is 1. The van der Waals surface area contributed by atoms with Gasteiger partial charge in [0.25, 0.3) is 5.92 Å². The molecule has 1 aliphatic rings. The molecule has 1 saturated heterocycles. The number of nitrogens with zero attached hydrogens (tertiary/aromatic N) is 1. The van der Waals surface area contributed by atoms with E-state index in [0.29, 0.717) is 0 Å². The summed E-state index contributed by atoms with van der Waals surface area (Å²) in [6.07, 6.45) is -0.506. The lowest BCUT2D eigenvalue weighted by Crippen LogP contribution is -2.52. The summed E-state index contributed by atoms with van der Waals surface area (Å²) in [6.45, 7) is -0.352. The zero-order valence-corrected chi connectivity index (χ0v) is 11.1. The Morgan fingerprint density at radius 3 is 2.70 bits per heavy atom. The van der Waals surface area contributed by atoms with Crippen LogP contribution < -0.4 is 5.73 Å². The molecule has 2 rings (SSSR count). The lowest BCUT2D eigenvalue weighted by Gasteiger charge is -2.37. The van der Waals surface area contributed by atoms with E-state index in [4.69, 9.17) is 10.5 Å². The molecule has 1 atom stereocenters. The van der Waals surface area contributed by atoms with Crippen LogP contribution in [0.4, 0.5) is 13.6 Å². The normalized spacial score (nSPS) is 21.6. The smallest absolute Gasteiger partial charge is 0.410 e. The largest absolute Gasteiger partial charge is 0.445 e. The molecule has 4 nitrogen and oxygen atoms in total. The van der Waals surface area contributed by atoms with E-state index in [9.17, 15) is 13.6 Å². The van der Waals surface area contributed by atoms with E-state index >= 15 is 0 Å². The summed E-state index contributed by atoms with van der Waals surface area (Å²) < 4.78 is 32.5. The second-order valence-corrected chi connectivity index (χ2v) is 4.94. The number of halogens is 2. The van der Waals surface area contributed by atoms with Crippen molar-refractivity contribution >= 4 is 6.09 Å². The highest BCUT2D eigenvalue weighted by molar-refractivity contribution is 5.67. The fraction of sp³-hybridized carbons (Fsp3) is 0.500. The molecule has 0 saturated carbocycles. The number of amides is 1. The topological polar surface area (TPSA) is 55.6 Å². The monoisotopic (exact) mass is 284 g/mol. The van der Waals surface area contributed by atoms with Gasteiger partial charge in [0.2, 0.25) is 0 Å². The van der Waals surface area contributed by atoms with Crippen molar-refractivity contribution in [3.63, 3.8) is 0 Å². The molecule has 1 aliphatic heterocycles. The lowest BCUT2D eigenvalue weighted by molar-refractivity contribution is -0.103. The number of rotatable bonds is 3. The highest BCUT2D eigenvalue weighted by atomic mass is 19.3. The van der Waals surface area contributed by atoms with Gasteiger partial charge in [0.15, 0.2) is 0 Å². The number of hydrogen-bond acceptors (Lipinski definition) is 3. The van der Waals surface area contributed by atoms with Gasteiger partial charge in [0.1, 0.15) is 6.61 Å². The van der Waals surface area contributed by atoms with Crippen LogP contribution in [-0.4, -0.2) is 36.5 Å². The van der Waals surface area contributed by atoms with Crippen molar-refractivity contribution in [3.05, 3.63) is 35.9 Å². The summed E-state index contributed by atoms with van der Waals surface area (Å²) in [7, 11) is 0. The second kappa shape index (κ2) is 6.17. The first-order valence-corrected chi connectivity index (χ1v) is 6.56. The van der Waals surface area contributed by atoms with Crippen molar-refractivity contribution in [2.45, 2.75) is 19.0 Å². The first-order valence-electron chi connectivity index (χ1n) is 6.56. The van der Waals surface area contributed by atoms with E-state index in [0.717, 1.165) is 10.5 Å². The summed E-state index contributed by atoms with van der Waals surface area (Å²) in [5, 5.41) is 0. The summed E-state index contributed by atoms with van der Waals surface area (Å²) in [5.74, 6) is -3.81. The van der Waals surface area contributed by atoms with Gasteiger partial charge in [0, 0.05) is 19.0 Å². The summed E-state index contributed by atoms with van der Waals surface area (Å²) >= 11 is 0. The molecule has 0 unspecified atom stereocenters. The Kier molecular flexibility index (Phi) is 4.54. The average Bonchev–Trinajstić information content (AvgIpc) is 2.44. The van der Waals surface area contributed by atoms with Crippen LogP contribution in [0.5, 0.6) is 0 Å². The number of alkyl halides is 2. The molecule has 2 N–H and O–H groups in total. The van der Waals surface area contributed by atoms with Crippen LogP contribution in [0.15, 0.2) is 30.3 Å². The Bertz CT molecular complexity index is 454. The van der Waals surface area contributed by atoms with Crippen molar-refractivity contribution in [3.8, 4) is 0 Å². The van der Waals surface area contributed by atoms with Gasteiger partial charge >= 0.3 is 6.09 Å². The quantitative estimate of drug-likeness (QED) is 0.926. The van der Waals surface area contributed by atoms with Gasteiger partial charge in [-0.1, -0.05) is 30.3 Å². The molecule has 1 heterocycles. The minimum atomic E-state index is -2.95. The molecule has 6 heteroatoms. The number of piperidine rings is 1. The predicted octanol–water partition coefficient (Wildman–Crippen LogP) is 2.24. The lowest BCUT2D eigenvalue weighted by atomic mass is 9.93. The molecule has 110 valence electrons. The zero-order chi connectivity index (χ0) is 14.6. The molecule has 1 fully saturated rings. The summed E-state index contributed by atoms with van der Waals surface area (Å²) in [4.78, 5) is 12.8. The Morgan fingerprint density at radius 1 is 1.40 bits per heavy atom. The van der Waals surface area contributed by atoms with Gasteiger partial charge in [-0.2, -0.15) is 0 Å². The SMILES string of the molecule is NC[C@@H]1CCN(C(=O)OCc2ccccc2)CC1(F)F. The summed E-state index contributed by atoms with van der Waals surface area (Å²) in [6, 6.07) is 9.11. The van der Waals surface area contributed by atoms with Crippen LogP contribution in [-0.2, 0) is 11.3 Å². The van der Waals surface area contributed by atoms with Crippen LogP contribution in [0.3, 0.4) is 0 Å². The Labute approximate surface area is 116 Å². The van der Waals surface area contributed by atoms with Crippen molar-refractivity contribution in [1.29, 1.82) is 0 Å². The van der Waals surface area contributed by atoms with Crippen LogP contribution in [0.2, 0.25) is 0 Å². The van der Waals surface area contributed by atoms with Gasteiger partial charge in [-0.15, -0.1) is 0 Å². The fourth-order valence-electron chi connectivity index (χ4n) is 2.24. The molecule has 1 amide bonds. The third kappa shape index (κ3) is 3.45. The van der Waals surface area contributed by atoms with Crippen LogP contribution >= 0.6 is 0 Å². The maximum Gasteiger partial charge on any atom is 0.410 e. The van der Waals surface area contributed by atoms with E-state index in [-0.39, 0.29) is 26.1 Å². The molecule has 0 radical (unpaired) electrons. The number of benzene rings is 1. The standard InChI is InChI=1S/C14H18F2N2O2/c15-14(16)10-18(7-6-12(14)8-17)13(19)20-9-11-4-2-1-3-5-11/h1-5,12H,6-10,17H2/t12-/m0/s1. The molecule has 0 bridgehead atoms. The first-order chi connectivity index (χ1) is 9.53. The molecule has 0 spiro atoms. The number of hydrogen-bond donors (Lipinski definition) is 1. The highest BCUT2D eigenvalue weighted by Crippen LogP contribution is 2.32. The zero-order valence-electron chi connectivity index (χ0n) is 11.1. The minimum Gasteiger partial charge on any atom is -0.445 e. The van der Waals surface area contributed by atoms with Crippen molar-refractivity contribution < 1.29 is 18.3 Å². The maximum atomic E-state index is 13.7. The molecule has 0 aliphatic carbocycles. The molecule has 0 aromatic heterocycles. The van der Waals surface area contributed by atoms with Gasteiger partial charge < -0.3 is 15.4 Å². The number of carbonyl (C=O) groups excluding carboxylic acids is 1. The first kappa shape index (κ1) is 14.7. The van der Waals surface area contributed by atoms with Gasteiger partial charge in [-0.05, 0) is 12.0 Å². The molecular weight excluding hydrogens is 266 g/mol. The van der Waals surface area contributed by atoms with Crippen molar-refractivity contribution in [2.75, 3.05) is 19.6 Å². The van der Waals surface area contributed by atoms with E-state index in [2.05, 4.69) is 0 Å². The number of carbonyl (C=O) groups is 1. The third-order valence-corrected chi connectivity index (χ3v) is 3.49. The van der Waals surface area contributed by atoms with E-state index in [1.165, 1.54) is 0 Å². The number of ether oxygens (including phenoxy) is 1. The van der Waals surface area contributed by atoms with E-state index in [1.54, 1.807) is 0 Å². The van der Waals surface area contributed by atoms with Gasteiger partial charge in [-0.25, -0.2) is 13.6 Å². The fourth-order valence-corrected chi connectivity index (χ4v) is 2.24. The maximum absolute atomic E-state index is 13.7. The Morgan fingerprint density at radius 2 is 2.10 bits per heavy atom. The van der Waals surface area contributed by atoms with E-state index in [1.807, 2.05) is 30.3 Å². The van der Waals surface area contributed by atoms with Gasteiger partial charge in [0.05, 0.1) is 6.54 Å².